The molecule has 1 aromatic rings. The molecular weight excluding hydrogens is 222 g/mol. The second-order valence-electron chi connectivity index (χ2n) is 5.65. The molecule has 18 heavy (non-hydrogen) atoms. The molecule has 0 spiro atoms. The van der Waals surface area contributed by atoms with Crippen LogP contribution in [0.2, 0.25) is 0 Å². The number of nitrogens with one attached hydrogen (secondary N) is 1. The van der Waals surface area contributed by atoms with Gasteiger partial charge in [-0.05, 0) is 49.8 Å². The smallest absolute Gasteiger partial charge is 0.0867 e. The third-order valence-electron chi connectivity index (χ3n) is 4.23. The van der Waals surface area contributed by atoms with Crippen LogP contribution in [0.25, 0.3) is 0 Å². The van der Waals surface area contributed by atoms with Crippen LogP contribution in [0.3, 0.4) is 0 Å². The van der Waals surface area contributed by atoms with Gasteiger partial charge in [-0.2, -0.15) is 0 Å². The molecule has 1 aliphatic carbocycles. The SMILES string of the molecule is CNCC1CCCOC1c1ccccc1C1CC1. The Hall–Kier alpha value is -0.860. The van der Waals surface area contributed by atoms with Gasteiger partial charge in [0.15, 0.2) is 0 Å². The molecule has 98 valence electrons. The Morgan fingerprint density at radius 1 is 1.17 bits per heavy atom. The van der Waals surface area contributed by atoms with Crippen LogP contribution in [0.4, 0.5) is 0 Å². The molecule has 0 amide bonds. The van der Waals surface area contributed by atoms with Gasteiger partial charge in [0, 0.05) is 19.1 Å². The Bertz CT molecular complexity index is 398. The van der Waals surface area contributed by atoms with Gasteiger partial charge in [0.25, 0.3) is 0 Å². The average molecular weight is 245 g/mol. The standard InChI is InChI=1S/C16H23NO/c1-17-11-13-5-4-10-18-16(13)15-7-3-2-6-14(15)12-8-9-12/h2-3,6-7,12-13,16-17H,4-5,8-11H2,1H3. The van der Waals surface area contributed by atoms with E-state index >= 15 is 0 Å². The fraction of sp³-hybridized carbons (Fsp3) is 0.625. The molecule has 2 nitrogen and oxygen atoms in total. The lowest BCUT2D eigenvalue weighted by atomic mass is 9.86. The summed E-state index contributed by atoms with van der Waals surface area (Å²) in [6.45, 7) is 1.98. The minimum atomic E-state index is 0.308. The monoisotopic (exact) mass is 245 g/mol. The summed E-state index contributed by atoms with van der Waals surface area (Å²) in [6, 6.07) is 8.93. The van der Waals surface area contributed by atoms with Crippen LogP contribution in [0.15, 0.2) is 24.3 Å². The number of hydrogen-bond donors (Lipinski definition) is 1. The van der Waals surface area contributed by atoms with E-state index in [1.165, 1.54) is 31.2 Å². The number of ether oxygens (including phenoxy) is 1. The molecule has 3 rings (SSSR count). The van der Waals surface area contributed by atoms with Gasteiger partial charge in [-0.15, -0.1) is 0 Å². The van der Waals surface area contributed by atoms with Gasteiger partial charge in [-0.3, -0.25) is 0 Å². The molecule has 2 unspecified atom stereocenters. The highest BCUT2D eigenvalue weighted by molar-refractivity contribution is 5.35. The van der Waals surface area contributed by atoms with Gasteiger partial charge in [-0.1, -0.05) is 24.3 Å². The van der Waals surface area contributed by atoms with Crippen LogP contribution in [0.1, 0.15) is 48.8 Å². The fourth-order valence-corrected chi connectivity index (χ4v) is 3.19. The van der Waals surface area contributed by atoms with Gasteiger partial charge in [0.2, 0.25) is 0 Å². The minimum Gasteiger partial charge on any atom is -0.373 e. The van der Waals surface area contributed by atoms with Crippen LogP contribution < -0.4 is 5.32 Å². The zero-order valence-electron chi connectivity index (χ0n) is 11.2. The van der Waals surface area contributed by atoms with Gasteiger partial charge < -0.3 is 10.1 Å². The van der Waals surface area contributed by atoms with Crippen molar-refractivity contribution in [2.45, 2.75) is 37.7 Å². The van der Waals surface area contributed by atoms with Crippen molar-refractivity contribution in [3.05, 3.63) is 35.4 Å². The molecule has 1 saturated heterocycles. The van der Waals surface area contributed by atoms with Crippen LogP contribution in [-0.4, -0.2) is 20.2 Å². The van der Waals surface area contributed by atoms with Crippen molar-refractivity contribution in [1.82, 2.24) is 5.32 Å². The molecule has 0 radical (unpaired) electrons. The molecule has 0 bridgehead atoms. The third kappa shape index (κ3) is 2.45. The van der Waals surface area contributed by atoms with Crippen molar-refractivity contribution >= 4 is 0 Å². The maximum Gasteiger partial charge on any atom is 0.0867 e. The first-order chi connectivity index (χ1) is 8.90. The highest BCUT2D eigenvalue weighted by atomic mass is 16.5. The van der Waals surface area contributed by atoms with Gasteiger partial charge >= 0.3 is 0 Å². The Labute approximate surface area is 110 Å². The van der Waals surface area contributed by atoms with E-state index in [9.17, 15) is 0 Å². The summed E-state index contributed by atoms with van der Waals surface area (Å²) in [5.41, 5.74) is 3.01. The Balaban J connectivity index is 1.86. The lowest BCUT2D eigenvalue weighted by molar-refractivity contribution is -0.0277. The van der Waals surface area contributed by atoms with Crippen LogP contribution in [0.5, 0.6) is 0 Å². The molecule has 2 atom stereocenters. The first kappa shape index (κ1) is 12.2. The Morgan fingerprint density at radius 2 is 1.94 bits per heavy atom. The lowest BCUT2D eigenvalue weighted by Crippen LogP contribution is -2.30. The third-order valence-corrected chi connectivity index (χ3v) is 4.23. The molecule has 0 aromatic heterocycles. The molecule has 1 saturated carbocycles. The van der Waals surface area contributed by atoms with Crippen molar-refractivity contribution in [3.63, 3.8) is 0 Å². The minimum absolute atomic E-state index is 0.308. The average Bonchev–Trinajstić information content (AvgIpc) is 3.24. The predicted molar refractivity (Wildman–Crippen MR) is 73.8 cm³/mol. The predicted octanol–water partition coefficient (Wildman–Crippen LogP) is 3.25. The van der Waals surface area contributed by atoms with E-state index in [1.807, 2.05) is 7.05 Å². The zero-order valence-corrected chi connectivity index (χ0v) is 11.2. The van der Waals surface area contributed by atoms with E-state index in [4.69, 9.17) is 4.74 Å². The lowest BCUT2D eigenvalue weighted by Gasteiger charge is -2.33. The first-order valence-electron chi connectivity index (χ1n) is 7.25. The maximum absolute atomic E-state index is 6.11. The maximum atomic E-state index is 6.11. The fourth-order valence-electron chi connectivity index (χ4n) is 3.19. The van der Waals surface area contributed by atoms with Gasteiger partial charge in [0.05, 0.1) is 6.10 Å². The van der Waals surface area contributed by atoms with E-state index in [2.05, 4.69) is 29.6 Å². The summed E-state index contributed by atoms with van der Waals surface area (Å²) in [5.74, 6) is 1.44. The van der Waals surface area contributed by atoms with Crippen molar-refractivity contribution in [2.75, 3.05) is 20.2 Å². The molecule has 2 aliphatic rings. The van der Waals surface area contributed by atoms with Crippen molar-refractivity contribution in [3.8, 4) is 0 Å². The van der Waals surface area contributed by atoms with E-state index < -0.39 is 0 Å². The summed E-state index contributed by atoms with van der Waals surface area (Å²) in [6.07, 6.45) is 5.52. The van der Waals surface area contributed by atoms with Gasteiger partial charge in [0.1, 0.15) is 0 Å². The highest BCUT2D eigenvalue weighted by Crippen LogP contribution is 2.45. The molecule has 1 heterocycles. The second-order valence-corrected chi connectivity index (χ2v) is 5.65. The van der Waals surface area contributed by atoms with Crippen molar-refractivity contribution in [1.29, 1.82) is 0 Å². The number of hydrogen-bond acceptors (Lipinski definition) is 2. The number of benzene rings is 1. The molecule has 1 aliphatic heterocycles. The molecular formula is C16H23NO. The topological polar surface area (TPSA) is 21.3 Å². The Kier molecular flexibility index (Phi) is 3.67. The van der Waals surface area contributed by atoms with Crippen molar-refractivity contribution < 1.29 is 4.74 Å². The molecule has 1 aromatic carbocycles. The summed E-state index contributed by atoms with van der Waals surface area (Å²) >= 11 is 0. The molecule has 2 heteroatoms. The Morgan fingerprint density at radius 3 is 2.67 bits per heavy atom. The first-order valence-corrected chi connectivity index (χ1v) is 7.25. The molecule has 1 N–H and O–H groups in total. The highest BCUT2D eigenvalue weighted by Gasteiger charge is 2.32. The summed E-state index contributed by atoms with van der Waals surface area (Å²) in [7, 11) is 2.04. The van der Waals surface area contributed by atoms with Gasteiger partial charge in [-0.25, -0.2) is 0 Å². The van der Waals surface area contributed by atoms with E-state index in [0.717, 1.165) is 19.1 Å². The normalized spacial score (nSPS) is 28.3. The van der Waals surface area contributed by atoms with E-state index in [1.54, 1.807) is 5.56 Å². The van der Waals surface area contributed by atoms with Crippen LogP contribution in [-0.2, 0) is 4.74 Å². The largest absolute Gasteiger partial charge is 0.373 e. The summed E-state index contributed by atoms with van der Waals surface area (Å²) in [5, 5.41) is 3.32. The quantitative estimate of drug-likeness (QED) is 0.879. The molecule has 2 fully saturated rings. The van der Waals surface area contributed by atoms with Crippen molar-refractivity contribution in [2.24, 2.45) is 5.92 Å². The summed E-state index contributed by atoms with van der Waals surface area (Å²) in [4.78, 5) is 0. The number of rotatable bonds is 4. The van der Waals surface area contributed by atoms with Crippen LogP contribution >= 0.6 is 0 Å². The summed E-state index contributed by atoms with van der Waals surface area (Å²) < 4.78 is 6.11. The van der Waals surface area contributed by atoms with E-state index in [-0.39, 0.29) is 0 Å². The van der Waals surface area contributed by atoms with Crippen LogP contribution in [0, 0.1) is 5.92 Å². The van der Waals surface area contributed by atoms with E-state index in [0.29, 0.717) is 12.0 Å². The second kappa shape index (κ2) is 5.41. The zero-order chi connectivity index (χ0) is 12.4.